The molecule has 0 saturated carbocycles. The average Bonchev–Trinajstić information content (AvgIpc) is 3.35. The standard InChI is InChI=1S/C25H31N3O5S2.ClH/c1-30-18-5-7-19(8-6-18)34-17-22(29)28(12-4-11-27-13-15-33-16-14-27)25-26-23-20(31-2)9-10-21(32-3)24(23)35-25;/h5-10H,4,11-17H2,1-3H3;1H. The van der Waals surface area contributed by atoms with E-state index in [2.05, 4.69) is 4.90 Å². The Hall–Kier alpha value is -2.24. The van der Waals surface area contributed by atoms with Gasteiger partial charge in [-0.15, -0.1) is 24.2 Å². The lowest BCUT2D eigenvalue weighted by Gasteiger charge is -2.27. The fourth-order valence-corrected chi connectivity index (χ4v) is 5.78. The minimum Gasteiger partial charge on any atom is -0.497 e. The van der Waals surface area contributed by atoms with Crippen LogP contribution in [0.25, 0.3) is 10.2 Å². The fourth-order valence-electron chi connectivity index (χ4n) is 3.89. The van der Waals surface area contributed by atoms with E-state index in [0.29, 0.717) is 28.7 Å². The van der Waals surface area contributed by atoms with Gasteiger partial charge in [-0.1, -0.05) is 11.3 Å². The average molecular weight is 554 g/mol. The molecule has 1 amide bonds. The highest BCUT2D eigenvalue weighted by atomic mass is 35.5. The second-order valence-corrected chi connectivity index (χ2v) is 9.99. The molecule has 2 heterocycles. The molecular weight excluding hydrogens is 522 g/mol. The Morgan fingerprint density at radius 2 is 1.75 bits per heavy atom. The SMILES string of the molecule is COc1ccc(SCC(=O)N(CCCN2CCOCC2)c2nc3c(OC)ccc(OC)c3s2)cc1.Cl. The number of thioether (sulfide) groups is 1. The van der Waals surface area contributed by atoms with Crippen LogP contribution in [0.3, 0.4) is 0 Å². The highest BCUT2D eigenvalue weighted by molar-refractivity contribution is 8.00. The Kier molecular flexibility index (Phi) is 10.9. The number of methoxy groups -OCH3 is 3. The van der Waals surface area contributed by atoms with E-state index in [1.165, 1.54) is 23.1 Å². The number of benzene rings is 2. The van der Waals surface area contributed by atoms with Crippen LogP contribution in [0.1, 0.15) is 6.42 Å². The van der Waals surface area contributed by atoms with Gasteiger partial charge >= 0.3 is 0 Å². The number of rotatable bonds is 11. The van der Waals surface area contributed by atoms with E-state index in [1.54, 1.807) is 26.2 Å². The van der Waals surface area contributed by atoms with Gasteiger partial charge in [-0.05, 0) is 42.8 Å². The number of ether oxygens (including phenoxy) is 4. The zero-order valence-electron chi connectivity index (χ0n) is 20.7. The fraction of sp³-hybridized carbons (Fsp3) is 0.440. The molecular formula is C25H32ClN3O5S2. The topological polar surface area (TPSA) is 73.4 Å². The van der Waals surface area contributed by atoms with Crippen LogP contribution in [0.2, 0.25) is 0 Å². The molecule has 8 nitrogen and oxygen atoms in total. The lowest BCUT2D eigenvalue weighted by Crippen LogP contribution is -2.39. The zero-order valence-corrected chi connectivity index (χ0v) is 23.2. The third-order valence-corrected chi connectivity index (χ3v) is 7.90. The van der Waals surface area contributed by atoms with E-state index in [4.69, 9.17) is 23.9 Å². The van der Waals surface area contributed by atoms with E-state index in [9.17, 15) is 4.79 Å². The molecule has 0 aliphatic carbocycles. The van der Waals surface area contributed by atoms with E-state index in [0.717, 1.165) is 60.4 Å². The van der Waals surface area contributed by atoms with Gasteiger partial charge in [-0.25, -0.2) is 4.98 Å². The predicted molar refractivity (Wildman–Crippen MR) is 148 cm³/mol. The van der Waals surface area contributed by atoms with Gasteiger partial charge in [0, 0.05) is 31.1 Å². The Bertz CT molecular complexity index is 1080. The summed E-state index contributed by atoms with van der Waals surface area (Å²) in [4.78, 5) is 23.5. The largest absolute Gasteiger partial charge is 0.497 e. The number of morpholine rings is 1. The van der Waals surface area contributed by atoms with Crippen molar-refractivity contribution in [1.29, 1.82) is 0 Å². The van der Waals surface area contributed by atoms with Crippen molar-refractivity contribution >= 4 is 56.8 Å². The maximum atomic E-state index is 13.5. The molecule has 196 valence electrons. The van der Waals surface area contributed by atoms with Gasteiger partial charge in [0.1, 0.15) is 27.5 Å². The minimum absolute atomic E-state index is 0. The molecule has 36 heavy (non-hydrogen) atoms. The first-order valence-electron chi connectivity index (χ1n) is 11.5. The molecule has 0 atom stereocenters. The van der Waals surface area contributed by atoms with Crippen LogP contribution in [0.4, 0.5) is 5.13 Å². The number of hydrogen-bond acceptors (Lipinski definition) is 9. The third kappa shape index (κ3) is 6.95. The molecule has 1 fully saturated rings. The van der Waals surface area contributed by atoms with Crippen LogP contribution in [0, 0.1) is 0 Å². The number of fused-ring (bicyclic) bond motifs is 1. The van der Waals surface area contributed by atoms with Crippen molar-refractivity contribution in [2.75, 3.05) is 71.4 Å². The van der Waals surface area contributed by atoms with Gasteiger partial charge < -0.3 is 18.9 Å². The summed E-state index contributed by atoms with van der Waals surface area (Å²) in [6.07, 6.45) is 0.850. The summed E-state index contributed by atoms with van der Waals surface area (Å²) in [5.74, 6) is 2.51. The molecule has 0 unspecified atom stereocenters. The molecule has 1 aromatic heterocycles. The molecule has 1 saturated heterocycles. The molecule has 0 bridgehead atoms. The summed E-state index contributed by atoms with van der Waals surface area (Å²) in [5, 5.41) is 0.658. The van der Waals surface area contributed by atoms with Crippen molar-refractivity contribution in [2.45, 2.75) is 11.3 Å². The zero-order chi connectivity index (χ0) is 24.6. The lowest BCUT2D eigenvalue weighted by atomic mass is 10.3. The van der Waals surface area contributed by atoms with Crippen LogP contribution in [0.15, 0.2) is 41.3 Å². The molecule has 2 aromatic carbocycles. The monoisotopic (exact) mass is 553 g/mol. The normalized spacial score (nSPS) is 13.8. The van der Waals surface area contributed by atoms with Crippen molar-refractivity contribution in [3.05, 3.63) is 36.4 Å². The van der Waals surface area contributed by atoms with Crippen molar-refractivity contribution in [2.24, 2.45) is 0 Å². The number of carbonyl (C=O) groups is 1. The smallest absolute Gasteiger partial charge is 0.239 e. The first-order chi connectivity index (χ1) is 17.1. The van der Waals surface area contributed by atoms with Crippen LogP contribution in [0.5, 0.6) is 17.2 Å². The maximum Gasteiger partial charge on any atom is 0.239 e. The maximum absolute atomic E-state index is 13.5. The van der Waals surface area contributed by atoms with Gasteiger partial charge in [-0.2, -0.15) is 0 Å². The van der Waals surface area contributed by atoms with Crippen LogP contribution < -0.4 is 19.1 Å². The Labute approximate surface area is 226 Å². The summed E-state index contributed by atoms with van der Waals surface area (Å²) in [5.41, 5.74) is 0.709. The van der Waals surface area contributed by atoms with Crippen molar-refractivity contribution in [3.63, 3.8) is 0 Å². The first kappa shape index (κ1) is 28.3. The van der Waals surface area contributed by atoms with Crippen molar-refractivity contribution < 1.29 is 23.7 Å². The molecule has 1 aliphatic rings. The molecule has 1 aliphatic heterocycles. The summed E-state index contributed by atoms with van der Waals surface area (Å²) in [6, 6.07) is 11.4. The Morgan fingerprint density at radius 3 is 2.42 bits per heavy atom. The molecule has 11 heteroatoms. The molecule has 0 radical (unpaired) electrons. The van der Waals surface area contributed by atoms with Gasteiger partial charge in [-0.3, -0.25) is 14.6 Å². The first-order valence-corrected chi connectivity index (χ1v) is 13.3. The van der Waals surface area contributed by atoms with Crippen molar-refractivity contribution in [3.8, 4) is 17.2 Å². The second kappa shape index (κ2) is 13.9. The van der Waals surface area contributed by atoms with Crippen LogP contribution >= 0.6 is 35.5 Å². The number of aromatic nitrogens is 1. The number of thiazole rings is 1. The van der Waals surface area contributed by atoms with Gasteiger partial charge in [0.25, 0.3) is 0 Å². The lowest BCUT2D eigenvalue weighted by molar-refractivity contribution is -0.116. The highest BCUT2D eigenvalue weighted by Gasteiger charge is 2.23. The predicted octanol–water partition coefficient (Wildman–Crippen LogP) is 4.59. The molecule has 0 spiro atoms. The summed E-state index contributed by atoms with van der Waals surface area (Å²) >= 11 is 2.96. The van der Waals surface area contributed by atoms with E-state index >= 15 is 0 Å². The number of halogens is 1. The van der Waals surface area contributed by atoms with E-state index in [1.807, 2.05) is 36.4 Å². The van der Waals surface area contributed by atoms with Crippen LogP contribution in [-0.4, -0.2) is 82.3 Å². The molecule has 4 rings (SSSR count). The summed E-state index contributed by atoms with van der Waals surface area (Å²) < 4.78 is 22.6. The number of anilines is 1. The number of amides is 1. The quantitative estimate of drug-likeness (QED) is 0.319. The summed E-state index contributed by atoms with van der Waals surface area (Å²) in [6.45, 7) is 4.88. The molecule has 3 aromatic rings. The van der Waals surface area contributed by atoms with E-state index < -0.39 is 0 Å². The van der Waals surface area contributed by atoms with E-state index in [-0.39, 0.29) is 18.3 Å². The van der Waals surface area contributed by atoms with Crippen LogP contribution in [-0.2, 0) is 9.53 Å². The Balaban J connectivity index is 0.00000361. The highest BCUT2D eigenvalue weighted by Crippen LogP contribution is 2.40. The number of carbonyl (C=O) groups excluding carboxylic acids is 1. The number of nitrogens with zero attached hydrogens (tertiary/aromatic N) is 3. The minimum atomic E-state index is 0. The van der Waals surface area contributed by atoms with Gasteiger partial charge in [0.15, 0.2) is 5.13 Å². The van der Waals surface area contributed by atoms with Gasteiger partial charge in [0.05, 0.1) is 40.3 Å². The summed E-state index contributed by atoms with van der Waals surface area (Å²) in [7, 11) is 4.90. The molecule has 0 N–H and O–H groups in total. The third-order valence-electron chi connectivity index (χ3n) is 5.81. The van der Waals surface area contributed by atoms with Crippen molar-refractivity contribution in [1.82, 2.24) is 9.88 Å². The number of hydrogen-bond donors (Lipinski definition) is 0. The van der Waals surface area contributed by atoms with Gasteiger partial charge in [0.2, 0.25) is 5.91 Å². The second-order valence-electron chi connectivity index (χ2n) is 7.96. The Morgan fingerprint density at radius 1 is 1.06 bits per heavy atom.